The van der Waals surface area contributed by atoms with Gasteiger partial charge in [-0.1, -0.05) is 50.4 Å². The van der Waals surface area contributed by atoms with Crippen LogP contribution in [0.5, 0.6) is 0 Å². The number of halogens is 3. The van der Waals surface area contributed by atoms with E-state index in [-0.39, 0.29) is 6.04 Å². The molecule has 0 bridgehead atoms. The van der Waals surface area contributed by atoms with Crippen molar-refractivity contribution >= 4 is 43.5 Å². The predicted octanol–water partition coefficient (Wildman–Crippen LogP) is 4.80. The molecule has 1 heterocycles. The van der Waals surface area contributed by atoms with Crippen LogP contribution in [0.4, 0.5) is 0 Å². The van der Waals surface area contributed by atoms with E-state index < -0.39 is 0 Å². The van der Waals surface area contributed by atoms with Crippen molar-refractivity contribution in [2.45, 2.75) is 26.3 Å². The molecular weight excluding hydrogens is 417 g/mol. The average Bonchev–Trinajstić information content (AvgIpc) is 2.67. The molecule has 3 nitrogen and oxygen atoms in total. The molecule has 0 saturated heterocycles. The Morgan fingerprint density at radius 1 is 1.38 bits per heavy atom. The van der Waals surface area contributed by atoms with Gasteiger partial charge in [0.25, 0.3) is 0 Å². The number of benzene rings is 1. The standard InChI is InChI=1S/C15H18Br2ClN3/c1-4-19-13(11-7-10(16)5-6-12(11)17)8-14-15(18)9(2)20-21(14)3/h5-7,13,19H,4,8H2,1-3H3. The SMILES string of the molecule is CCNC(Cc1c(Cl)c(C)nn1C)c1cc(Br)ccc1Br. The lowest BCUT2D eigenvalue weighted by molar-refractivity contribution is 0.527. The van der Waals surface area contributed by atoms with Gasteiger partial charge in [-0.15, -0.1) is 0 Å². The zero-order valence-electron chi connectivity index (χ0n) is 12.3. The Morgan fingerprint density at radius 3 is 2.67 bits per heavy atom. The number of aryl methyl sites for hydroxylation is 2. The lowest BCUT2D eigenvalue weighted by Crippen LogP contribution is -2.24. The minimum atomic E-state index is 0.175. The summed E-state index contributed by atoms with van der Waals surface area (Å²) in [7, 11) is 1.94. The fourth-order valence-electron chi connectivity index (χ4n) is 2.42. The van der Waals surface area contributed by atoms with Crippen molar-refractivity contribution in [2.24, 2.45) is 7.05 Å². The van der Waals surface area contributed by atoms with Gasteiger partial charge in [-0.25, -0.2) is 0 Å². The van der Waals surface area contributed by atoms with Crippen LogP contribution in [-0.2, 0) is 13.5 Å². The predicted molar refractivity (Wildman–Crippen MR) is 94.9 cm³/mol. The number of likely N-dealkylation sites (N-methyl/N-ethyl adjacent to an activating group) is 1. The molecule has 2 aromatic rings. The summed E-state index contributed by atoms with van der Waals surface area (Å²) in [6.07, 6.45) is 0.791. The number of rotatable bonds is 5. The lowest BCUT2D eigenvalue weighted by Gasteiger charge is -2.20. The summed E-state index contributed by atoms with van der Waals surface area (Å²) in [6.45, 7) is 4.93. The summed E-state index contributed by atoms with van der Waals surface area (Å²) in [4.78, 5) is 0. The van der Waals surface area contributed by atoms with E-state index in [4.69, 9.17) is 11.6 Å². The smallest absolute Gasteiger partial charge is 0.0847 e. The Labute approximate surface area is 147 Å². The van der Waals surface area contributed by atoms with E-state index in [1.807, 2.05) is 24.7 Å². The summed E-state index contributed by atoms with van der Waals surface area (Å²) in [5.74, 6) is 0. The van der Waals surface area contributed by atoms with E-state index in [0.717, 1.165) is 38.3 Å². The number of nitrogens with zero attached hydrogens (tertiary/aromatic N) is 2. The maximum atomic E-state index is 6.38. The maximum absolute atomic E-state index is 6.38. The molecule has 0 amide bonds. The molecule has 21 heavy (non-hydrogen) atoms. The Bertz CT molecular complexity index is 640. The van der Waals surface area contributed by atoms with E-state index in [9.17, 15) is 0 Å². The highest BCUT2D eigenvalue weighted by molar-refractivity contribution is 9.11. The Morgan fingerprint density at radius 2 is 2.10 bits per heavy atom. The van der Waals surface area contributed by atoms with Gasteiger partial charge in [-0.2, -0.15) is 5.10 Å². The first kappa shape index (κ1) is 17.0. The van der Waals surface area contributed by atoms with Crippen molar-refractivity contribution in [1.82, 2.24) is 15.1 Å². The molecule has 1 unspecified atom stereocenters. The number of aromatic nitrogens is 2. The zero-order valence-corrected chi connectivity index (χ0v) is 16.2. The minimum Gasteiger partial charge on any atom is -0.310 e. The number of hydrogen-bond donors (Lipinski definition) is 1. The molecule has 0 radical (unpaired) electrons. The van der Waals surface area contributed by atoms with Crippen molar-refractivity contribution < 1.29 is 0 Å². The normalized spacial score (nSPS) is 12.7. The third-order valence-corrected chi connectivity index (χ3v) is 5.15. The first-order valence-corrected chi connectivity index (χ1v) is 8.76. The second kappa shape index (κ2) is 7.27. The van der Waals surface area contributed by atoms with Gasteiger partial charge in [-0.3, -0.25) is 4.68 Å². The summed E-state index contributed by atoms with van der Waals surface area (Å²) in [5.41, 5.74) is 3.13. The summed E-state index contributed by atoms with van der Waals surface area (Å²) >= 11 is 13.6. The maximum Gasteiger partial charge on any atom is 0.0847 e. The number of nitrogens with one attached hydrogen (secondary N) is 1. The van der Waals surface area contributed by atoms with Gasteiger partial charge in [0.05, 0.1) is 16.4 Å². The van der Waals surface area contributed by atoms with Crippen molar-refractivity contribution in [2.75, 3.05) is 6.54 Å². The molecule has 0 aliphatic rings. The second-order valence-electron chi connectivity index (χ2n) is 4.95. The molecule has 0 aliphatic carbocycles. The molecule has 1 N–H and O–H groups in total. The lowest BCUT2D eigenvalue weighted by atomic mass is 10.0. The van der Waals surface area contributed by atoms with Crippen LogP contribution in [0.1, 0.15) is 29.9 Å². The molecule has 0 fully saturated rings. The fraction of sp³-hybridized carbons (Fsp3) is 0.400. The monoisotopic (exact) mass is 433 g/mol. The fourth-order valence-corrected chi connectivity index (χ4v) is 3.55. The molecule has 6 heteroatoms. The van der Waals surface area contributed by atoms with Crippen LogP contribution in [0.15, 0.2) is 27.1 Å². The molecule has 1 atom stereocenters. The van der Waals surface area contributed by atoms with Gasteiger partial charge in [0.2, 0.25) is 0 Å². The Kier molecular flexibility index (Phi) is 5.88. The van der Waals surface area contributed by atoms with Gasteiger partial charge in [-0.05, 0) is 37.2 Å². The van der Waals surface area contributed by atoms with E-state index in [0.29, 0.717) is 0 Å². The van der Waals surface area contributed by atoms with E-state index in [1.165, 1.54) is 5.56 Å². The zero-order chi connectivity index (χ0) is 15.6. The highest BCUT2D eigenvalue weighted by Gasteiger charge is 2.20. The summed E-state index contributed by atoms with van der Waals surface area (Å²) < 4.78 is 4.02. The highest BCUT2D eigenvalue weighted by atomic mass is 79.9. The quantitative estimate of drug-likeness (QED) is 0.731. The molecule has 0 aliphatic heterocycles. The highest BCUT2D eigenvalue weighted by Crippen LogP contribution is 2.31. The van der Waals surface area contributed by atoms with Crippen LogP contribution in [0.3, 0.4) is 0 Å². The molecule has 0 saturated carbocycles. The van der Waals surface area contributed by atoms with Crippen molar-refractivity contribution in [1.29, 1.82) is 0 Å². The molecule has 0 spiro atoms. The third kappa shape index (κ3) is 3.89. The van der Waals surface area contributed by atoms with Gasteiger partial charge in [0.15, 0.2) is 0 Å². The van der Waals surface area contributed by atoms with Crippen LogP contribution < -0.4 is 5.32 Å². The number of hydrogen-bond acceptors (Lipinski definition) is 2. The van der Waals surface area contributed by atoms with Crippen LogP contribution in [0, 0.1) is 6.92 Å². The first-order chi connectivity index (χ1) is 9.93. The third-order valence-electron chi connectivity index (χ3n) is 3.44. The summed E-state index contributed by atoms with van der Waals surface area (Å²) in [6, 6.07) is 6.39. The van der Waals surface area contributed by atoms with Gasteiger partial charge < -0.3 is 5.32 Å². The minimum absolute atomic E-state index is 0.175. The Hall–Kier alpha value is -0.360. The van der Waals surface area contributed by atoms with Gasteiger partial charge in [0.1, 0.15) is 0 Å². The van der Waals surface area contributed by atoms with Crippen molar-refractivity contribution in [3.8, 4) is 0 Å². The van der Waals surface area contributed by atoms with E-state index >= 15 is 0 Å². The van der Waals surface area contributed by atoms with Crippen LogP contribution in [-0.4, -0.2) is 16.3 Å². The molecule has 1 aromatic carbocycles. The van der Waals surface area contributed by atoms with E-state index in [2.05, 4.69) is 61.3 Å². The molecular formula is C15H18Br2ClN3. The van der Waals surface area contributed by atoms with Crippen LogP contribution in [0.25, 0.3) is 0 Å². The largest absolute Gasteiger partial charge is 0.310 e. The van der Waals surface area contributed by atoms with Gasteiger partial charge in [0, 0.05) is 28.5 Å². The molecule has 1 aromatic heterocycles. The second-order valence-corrected chi connectivity index (χ2v) is 7.10. The molecule has 114 valence electrons. The first-order valence-electron chi connectivity index (χ1n) is 6.80. The Balaban J connectivity index is 2.37. The van der Waals surface area contributed by atoms with Crippen LogP contribution in [0.2, 0.25) is 5.02 Å². The summed E-state index contributed by atoms with van der Waals surface area (Å²) in [5, 5.41) is 8.68. The van der Waals surface area contributed by atoms with Crippen molar-refractivity contribution in [3.63, 3.8) is 0 Å². The van der Waals surface area contributed by atoms with Crippen molar-refractivity contribution in [3.05, 3.63) is 49.1 Å². The van der Waals surface area contributed by atoms with Gasteiger partial charge >= 0.3 is 0 Å². The molecule has 2 rings (SSSR count). The van der Waals surface area contributed by atoms with E-state index in [1.54, 1.807) is 0 Å². The van der Waals surface area contributed by atoms with Crippen LogP contribution >= 0.6 is 43.5 Å². The topological polar surface area (TPSA) is 29.9 Å². The average molecular weight is 436 g/mol.